The third-order valence-corrected chi connectivity index (χ3v) is 4.29. The number of likely N-dealkylation sites (tertiary alicyclic amines) is 1. The molecule has 0 saturated carbocycles. The van der Waals surface area contributed by atoms with E-state index < -0.39 is 0 Å². The molecule has 1 aliphatic heterocycles. The van der Waals surface area contributed by atoms with Crippen LogP contribution in [-0.4, -0.2) is 30.4 Å². The zero-order valence-electron chi connectivity index (χ0n) is 13.5. The maximum atomic E-state index is 8.12. The lowest BCUT2D eigenvalue weighted by Crippen LogP contribution is -2.38. The fraction of sp³-hybridized carbons (Fsp3) is 0.350. The summed E-state index contributed by atoms with van der Waals surface area (Å²) >= 11 is 0. The van der Waals surface area contributed by atoms with Crippen LogP contribution < -0.4 is 4.74 Å². The fourth-order valence-corrected chi connectivity index (χ4v) is 2.94. The van der Waals surface area contributed by atoms with Crippen LogP contribution in [0.4, 0.5) is 0 Å². The van der Waals surface area contributed by atoms with Crippen LogP contribution >= 0.6 is 0 Å². The van der Waals surface area contributed by atoms with E-state index in [0.717, 1.165) is 25.3 Å². The highest BCUT2D eigenvalue weighted by atomic mass is 16.5. The highest BCUT2D eigenvalue weighted by Crippen LogP contribution is 2.16. The third kappa shape index (κ3) is 4.59. The van der Waals surface area contributed by atoms with Crippen molar-refractivity contribution in [2.45, 2.75) is 25.7 Å². The Labute approximate surface area is 138 Å². The van der Waals surface area contributed by atoms with E-state index in [1.807, 2.05) is 18.2 Å². The van der Waals surface area contributed by atoms with Gasteiger partial charge in [-0.1, -0.05) is 42.5 Å². The zero-order valence-corrected chi connectivity index (χ0v) is 13.5. The second-order valence-electron chi connectivity index (χ2n) is 6.09. The van der Waals surface area contributed by atoms with Crippen molar-refractivity contribution in [3.8, 4) is 5.75 Å². The summed E-state index contributed by atoms with van der Waals surface area (Å²) in [5.74, 6) is 1.43. The van der Waals surface area contributed by atoms with Gasteiger partial charge >= 0.3 is 0 Å². The number of rotatable bonds is 5. The molecule has 2 aromatic rings. The minimum Gasteiger partial charge on any atom is -0.486 e. The average Bonchev–Trinajstić information content (AvgIpc) is 2.62. The normalized spacial score (nSPS) is 14.5. The lowest BCUT2D eigenvalue weighted by molar-refractivity contribution is 0.300. The Balaban J connectivity index is 1.50. The Morgan fingerprint density at radius 1 is 0.870 bits per heavy atom. The number of hydrogen-bond acceptors (Lipinski definition) is 2. The molecule has 1 saturated heterocycles. The molecule has 0 radical (unpaired) electrons. The van der Waals surface area contributed by atoms with Crippen molar-refractivity contribution in [2.75, 3.05) is 19.7 Å². The molecule has 0 atom stereocenters. The second-order valence-corrected chi connectivity index (χ2v) is 6.09. The first kappa shape index (κ1) is 15.6. The van der Waals surface area contributed by atoms with Crippen LogP contribution in [0.1, 0.15) is 30.4 Å². The standard InChI is InChI=1S/C20H24N2O/c21-20(22-13-5-2-6-14-22)16-23-19-11-9-18(10-12-19)15-17-7-3-1-4-8-17/h1,3-4,7-12,21H,2,5-6,13-16H2. The largest absolute Gasteiger partial charge is 0.486 e. The molecule has 0 aliphatic carbocycles. The lowest BCUT2D eigenvalue weighted by atomic mass is 10.1. The van der Waals surface area contributed by atoms with Gasteiger partial charge < -0.3 is 9.64 Å². The summed E-state index contributed by atoms with van der Waals surface area (Å²) in [6.45, 7) is 2.36. The molecule has 1 N–H and O–H groups in total. The zero-order chi connectivity index (χ0) is 15.9. The SMILES string of the molecule is N=C(COc1ccc(Cc2ccccc2)cc1)N1CCCCC1. The Kier molecular flexibility index (Phi) is 5.30. The quantitative estimate of drug-likeness (QED) is 0.666. The van der Waals surface area contributed by atoms with Crippen LogP contribution in [0.2, 0.25) is 0 Å². The van der Waals surface area contributed by atoms with Crippen molar-refractivity contribution < 1.29 is 4.74 Å². The molecular weight excluding hydrogens is 284 g/mol. The summed E-state index contributed by atoms with van der Waals surface area (Å²) in [5, 5.41) is 8.12. The van der Waals surface area contributed by atoms with Crippen LogP contribution in [0, 0.1) is 5.41 Å². The van der Waals surface area contributed by atoms with Gasteiger partial charge in [-0.15, -0.1) is 0 Å². The molecule has 0 unspecified atom stereocenters. The van der Waals surface area contributed by atoms with E-state index in [-0.39, 0.29) is 0 Å². The van der Waals surface area contributed by atoms with E-state index in [0.29, 0.717) is 12.4 Å². The monoisotopic (exact) mass is 308 g/mol. The van der Waals surface area contributed by atoms with Crippen molar-refractivity contribution >= 4 is 5.84 Å². The van der Waals surface area contributed by atoms with Crippen molar-refractivity contribution in [2.24, 2.45) is 0 Å². The molecular formula is C20H24N2O. The molecule has 3 nitrogen and oxygen atoms in total. The first-order valence-corrected chi connectivity index (χ1v) is 8.39. The first-order chi connectivity index (χ1) is 11.3. The molecule has 120 valence electrons. The predicted octanol–water partition coefficient (Wildman–Crippen LogP) is 4.12. The summed E-state index contributed by atoms with van der Waals surface area (Å²) in [7, 11) is 0. The van der Waals surface area contributed by atoms with Crippen LogP contribution in [0.3, 0.4) is 0 Å². The number of hydrogen-bond donors (Lipinski definition) is 1. The molecule has 3 heteroatoms. The Morgan fingerprint density at radius 3 is 2.22 bits per heavy atom. The lowest BCUT2D eigenvalue weighted by Gasteiger charge is -2.28. The molecule has 1 heterocycles. The van der Waals surface area contributed by atoms with E-state index >= 15 is 0 Å². The van der Waals surface area contributed by atoms with Crippen molar-refractivity contribution in [1.29, 1.82) is 5.41 Å². The van der Waals surface area contributed by atoms with Crippen molar-refractivity contribution in [1.82, 2.24) is 4.90 Å². The van der Waals surface area contributed by atoms with Gasteiger partial charge in [0.25, 0.3) is 0 Å². The molecule has 1 fully saturated rings. The summed E-state index contributed by atoms with van der Waals surface area (Å²) < 4.78 is 5.76. The first-order valence-electron chi connectivity index (χ1n) is 8.39. The van der Waals surface area contributed by atoms with Gasteiger partial charge in [-0.2, -0.15) is 0 Å². The molecule has 0 aromatic heterocycles. The van der Waals surface area contributed by atoms with E-state index in [1.165, 1.54) is 30.4 Å². The number of amidine groups is 1. The van der Waals surface area contributed by atoms with E-state index in [9.17, 15) is 0 Å². The minimum absolute atomic E-state index is 0.359. The predicted molar refractivity (Wildman–Crippen MR) is 94.3 cm³/mol. The van der Waals surface area contributed by atoms with E-state index in [4.69, 9.17) is 10.1 Å². The van der Waals surface area contributed by atoms with Crippen molar-refractivity contribution in [3.05, 3.63) is 65.7 Å². The van der Waals surface area contributed by atoms with Crippen LogP contribution in [-0.2, 0) is 6.42 Å². The van der Waals surface area contributed by atoms with Gasteiger partial charge in [-0.05, 0) is 48.9 Å². The minimum atomic E-state index is 0.359. The number of piperidine rings is 1. The Hall–Kier alpha value is -2.29. The summed E-state index contributed by atoms with van der Waals surface area (Å²) in [5.41, 5.74) is 2.59. The smallest absolute Gasteiger partial charge is 0.145 e. The third-order valence-electron chi connectivity index (χ3n) is 4.29. The summed E-state index contributed by atoms with van der Waals surface area (Å²) in [6, 6.07) is 18.7. The molecule has 0 amide bonds. The van der Waals surface area contributed by atoms with Crippen molar-refractivity contribution in [3.63, 3.8) is 0 Å². The molecule has 0 bridgehead atoms. The number of benzene rings is 2. The fourth-order valence-electron chi connectivity index (χ4n) is 2.94. The number of ether oxygens (including phenoxy) is 1. The highest BCUT2D eigenvalue weighted by Gasteiger charge is 2.13. The molecule has 2 aromatic carbocycles. The molecule has 3 rings (SSSR count). The molecule has 23 heavy (non-hydrogen) atoms. The van der Waals surface area contributed by atoms with Crippen LogP contribution in [0.5, 0.6) is 5.75 Å². The van der Waals surface area contributed by atoms with Crippen LogP contribution in [0.15, 0.2) is 54.6 Å². The second kappa shape index (κ2) is 7.82. The number of nitrogens with one attached hydrogen (secondary N) is 1. The molecule has 1 aliphatic rings. The van der Waals surface area contributed by atoms with Gasteiger partial charge in [-0.3, -0.25) is 5.41 Å². The van der Waals surface area contributed by atoms with Gasteiger partial charge in [0.05, 0.1) is 0 Å². The van der Waals surface area contributed by atoms with Gasteiger partial charge in [0.15, 0.2) is 0 Å². The molecule has 0 spiro atoms. The average molecular weight is 308 g/mol. The van der Waals surface area contributed by atoms with Gasteiger partial charge in [0.2, 0.25) is 0 Å². The maximum Gasteiger partial charge on any atom is 0.145 e. The van der Waals surface area contributed by atoms with Gasteiger partial charge in [0.1, 0.15) is 18.2 Å². The topological polar surface area (TPSA) is 36.3 Å². The van der Waals surface area contributed by atoms with E-state index in [1.54, 1.807) is 0 Å². The van der Waals surface area contributed by atoms with E-state index in [2.05, 4.69) is 41.3 Å². The Morgan fingerprint density at radius 2 is 1.52 bits per heavy atom. The summed E-state index contributed by atoms with van der Waals surface area (Å²) in [4.78, 5) is 2.13. The van der Waals surface area contributed by atoms with Gasteiger partial charge in [0, 0.05) is 13.1 Å². The van der Waals surface area contributed by atoms with Crippen LogP contribution in [0.25, 0.3) is 0 Å². The maximum absolute atomic E-state index is 8.12. The van der Waals surface area contributed by atoms with Gasteiger partial charge in [-0.25, -0.2) is 0 Å². The Bertz CT molecular complexity index is 616. The number of nitrogens with zero attached hydrogens (tertiary/aromatic N) is 1. The summed E-state index contributed by atoms with van der Waals surface area (Å²) in [6.07, 6.45) is 4.60. The highest BCUT2D eigenvalue weighted by molar-refractivity contribution is 5.80.